The van der Waals surface area contributed by atoms with Crippen molar-refractivity contribution >= 4 is 21.7 Å². The molecule has 70 valence electrons. The van der Waals surface area contributed by atoms with Crippen molar-refractivity contribution in [1.29, 1.82) is 0 Å². The third-order valence-electron chi connectivity index (χ3n) is 1.66. The second-order valence-electron chi connectivity index (χ2n) is 2.53. The van der Waals surface area contributed by atoms with Crippen LogP contribution >= 0.6 is 15.9 Å². The molecule has 0 aliphatic heterocycles. The van der Waals surface area contributed by atoms with Crippen molar-refractivity contribution in [2.75, 3.05) is 7.11 Å². The maximum Gasteiger partial charge on any atom is 0.167 e. The average molecular weight is 245 g/mol. The molecule has 0 saturated carbocycles. The Balaban J connectivity index is 3.41. The number of Topliss-reactive ketones (excluding diaryl/α,β-unsaturated/α-hetero) is 1. The van der Waals surface area contributed by atoms with Crippen LogP contribution in [0.15, 0.2) is 16.6 Å². The van der Waals surface area contributed by atoms with E-state index in [4.69, 9.17) is 4.74 Å². The number of halogens is 1. The van der Waals surface area contributed by atoms with Gasteiger partial charge in [-0.1, -0.05) is 0 Å². The van der Waals surface area contributed by atoms with Crippen LogP contribution in [0.3, 0.4) is 0 Å². The highest BCUT2D eigenvalue weighted by Crippen LogP contribution is 2.34. The number of benzene rings is 1. The number of methoxy groups -OCH3 is 1. The van der Waals surface area contributed by atoms with E-state index in [0.29, 0.717) is 10.2 Å². The fourth-order valence-electron chi connectivity index (χ4n) is 1.06. The lowest BCUT2D eigenvalue weighted by molar-refractivity contribution is 0.101. The molecule has 1 aromatic rings. The number of hydrogen-bond donors (Lipinski definition) is 1. The lowest BCUT2D eigenvalue weighted by atomic mass is 10.1. The van der Waals surface area contributed by atoms with Gasteiger partial charge in [-0.05, 0) is 35.0 Å². The molecule has 0 unspecified atom stereocenters. The van der Waals surface area contributed by atoms with Crippen molar-refractivity contribution in [2.24, 2.45) is 0 Å². The highest BCUT2D eigenvalue weighted by molar-refractivity contribution is 9.10. The number of aromatic hydroxyl groups is 1. The van der Waals surface area contributed by atoms with Crippen LogP contribution in [0.1, 0.15) is 17.3 Å². The summed E-state index contributed by atoms with van der Waals surface area (Å²) in [5, 5.41) is 9.53. The van der Waals surface area contributed by atoms with Gasteiger partial charge >= 0.3 is 0 Å². The van der Waals surface area contributed by atoms with Crippen molar-refractivity contribution in [3.8, 4) is 11.5 Å². The minimum Gasteiger partial charge on any atom is -0.506 e. The van der Waals surface area contributed by atoms with Crippen LogP contribution < -0.4 is 4.74 Å². The summed E-state index contributed by atoms with van der Waals surface area (Å²) in [6, 6.07) is 3.25. The molecule has 3 nitrogen and oxygen atoms in total. The van der Waals surface area contributed by atoms with Gasteiger partial charge in [-0.2, -0.15) is 0 Å². The number of phenolic OH excluding ortho intramolecular Hbond substituents is 1. The fraction of sp³-hybridized carbons (Fsp3) is 0.222. The number of carbonyl (C=O) groups excluding carboxylic acids is 1. The Hall–Kier alpha value is -1.03. The van der Waals surface area contributed by atoms with Gasteiger partial charge in [0.2, 0.25) is 0 Å². The molecular formula is C9H9BrO3. The first-order chi connectivity index (χ1) is 6.07. The Morgan fingerprint density at radius 3 is 2.62 bits per heavy atom. The first kappa shape index (κ1) is 10.1. The van der Waals surface area contributed by atoms with Crippen LogP contribution in [-0.2, 0) is 0 Å². The maximum atomic E-state index is 11.1. The Morgan fingerprint density at radius 1 is 1.54 bits per heavy atom. The number of ketones is 1. The minimum absolute atomic E-state index is 0.0770. The molecule has 0 aliphatic carbocycles. The van der Waals surface area contributed by atoms with Gasteiger partial charge in [0.25, 0.3) is 0 Å². The topological polar surface area (TPSA) is 46.5 Å². The standard InChI is InChI=1S/C9H9BrO3/c1-5(11)8-7(13-2)4-3-6(10)9(8)12/h3-4,12H,1-2H3. The van der Waals surface area contributed by atoms with Crippen LogP contribution in [0.2, 0.25) is 0 Å². The average Bonchev–Trinajstić information content (AvgIpc) is 2.08. The molecule has 1 N–H and O–H groups in total. The van der Waals surface area contributed by atoms with Gasteiger partial charge in [0.15, 0.2) is 5.78 Å². The van der Waals surface area contributed by atoms with E-state index in [0.717, 1.165) is 0 Å². The zero-order valence-corrected chi connectivity index (χ0v) is 8.88. The van der Waals surface area contributed by atoms with E-state index in [1.807, 2.05) is 0 Å². The Morgan fingerprint density at radius 2 is 2.15 bits per heavy atom. The highest BCUT2D eigenvalue weighted by atomic mass is 79.9. The van der Waals surface area contributed by atoms with E-state index in [9.17, 15) is 9.90 Å². The maximum absolute atomic E-state index is 11.1. The smallest absolute Gasteiger partial charge is 0.167 e. The molecule has 0 heterocycles. The van der Waals surface area contributed by atoms with Gasteiger partial charge in [0.05, 0.1) is 11.6 Å². The van der Waals surface area contributed by atoms with E-state index in [1.165, 1.54) is 14.0 Å². The van der Waals surface area contributed by atoms with Gasteiger partial charge in [-0.3, -0.25) is 4.79 Å². The van der Waals surface area contributed by atoms with E-state index in [2.05, 4.69) is 15.9 Å². The predicted octanol–water partition coefficient (Wildman–Crippen LogP) is 2.37. The van der Waals surface area contributed by atoms with Crippen molar-refractivity contribution in [3.63, 3.8) is 0 Å². The molecule has 0 spiro atoms. The van der Waals surface area contributed by atoms with Gasteiger partial charge in [-0.25, -0.2) is 0 Å². The first-order valence-corrected chi connectivity index (χ1v) is 4.43. The Labute approximate surface area is 84.5 Å². The molecule has 0 atom stereocenters. The molecule has 0 amide bonds. The van der Waals surface area contributed by atoms with Gasteiger partial charge in [0.1, 0.15) is 17.1 Å². The number of carbonyl (C=O) groups is 1. The van der Waals surface area contributed by atoms with Crippen LogP contribution in [0, 0.1) is 0 Å². The van der Waals surface area contributed by atoms with Crippen LogP contribution in [0.25, 0.3) is 0 Å². The van der Waals surface area contributed by atoms with Crippen LogP contribution in [0.4, 0.5) is 0 Å². The van der Waals surface area contributed by atoms with Gasteiger partial charge in [0, 0.05) is 0 Å². The summed E-state index contributed by atoms with van der Waals surface area (Å²) >= 11 is 3.12. The summed E-state index contributed by atoms with van der Waals surface area (Å²) < 4.78 is 5.43. The molecule has 0 radical (unpaired) electrons. The normalized spacial score (nSPS) is 9.77. The largest absolute Gasteiger partial charge is 0.506 e. The zero-order valence-electron chi connectivity index (χ0n) is 7.30. The summed E-state index contributed by atoms with van der Waals surface area (Å²) in [6.45, 7) is 1.38. The molecule has 1 aromatic carbocycles. The van der Waals surface area contributed by atoms with E-state index < -0.39 is 0 Å². The molecule has 0 aromatic heterocycles. The Bertz CT molecular complexity index is 347. The second-order valence-corrected chi connectivity index (χ2v) is 3.38. The summed E-state index contributed by atoms with van der Waals surface area (Å²) in [4.78, 5) is 11.1. The van der Waals surface area contributed by atoms with Crippen LogP contribution in [0.5, 0.6) is 11.5 Å². The highest BCUT2D eigenvalue weighted by Gasteiger charge is 2.15. The molecule has 1 rings (SSSR count). The third kappa shape index (κ3) is 1.83. The van der Waals surface area contributed by atoms with Crippen molar-refractivity contribution < 1.29 is 14.6 Å². The zero-order chi connectivity index (χ0) is 10.0. The third-order valence-corrected chi connectivity index (χ3v) is 2.30. The molecule has 0 bridgehead atoms. The van der Waals surface area contributed by atoms with Crippen molar-refractivity contribution in [1.82, 2.24) is 0 Å². The molecular weight excluding hydrogens is 236 g/mol. The quantitative estimate of drug-likeness (QED) is 0.813. The second kappa shape index (κ2) is 3.79. The summed E-state index contributed by atoms with van der Waals surface area (Å²) in [7, 11) is 1.45. The minimum atomic E-state index is -0.226. The molecule has 4 heteroatoms. The predicted molar refractivity (Wildman–Crippen MR) is 52.4 cm³/mol. The number of rotatable bonds is 2. The lowest BCUT2D eigenvalue weighted by Crippen LogP contribution is -1.98. The number of phenols is 1. The number of ether oxygens (including phenoxy) is 1. The SMILES string of the molecule is COc1ccc(Br)c(O)c1C(C)=O. The Kier molecular flexibility index (Phi) is 2.93. The number of hydrogen-bond acceptors (Lipinski definition) is 3. The fourth-order valence-corrected chi connectivity index (χ4v) is 1.39. The van der Waals surface area contributed by atoms with E-state index in [1.54, 1.807) is 12.1 Å². The van der Waals surface area contributed by atoms with Crippen molar-refractivity contribution in [2.45, 2.75) is 6.92 Å². The van der Waals surface area contributed by atoms with Crippen LogP contribution in [-0.4, -0.2) is 18.0 Å². The van der Waals surface area contributed by atoms with Gasteiger partial charge < -0.3 is 9.84 Å². The molecule has 0 fully saturated rings. The first-order valence-electron chi connectivity index (χ1n) is 3.64. The van der Waals surface area contributed by atoms with Crippen molar-refractivity contribution in [3.05, 3.63) is 22.2 Å². The van der Waals surface area contributed by atoms with E-state index >= 15 is 0 Å². The lowest BCUT2D eigenvalue weighted by Gasteiger charge is -2.08. The summed E-state index contributed by atoms with van der Waals surface area (Å²) in [5.74, 6) is 0.0794. The summed E-state index contributed by atoms with van der Waals surface area (Å²) in [6.07, 6.45) is 0. The molecule has 0 saturated heterocycles. The summed E-state index contributed by atoms with van der Waals surface area (Å²) in [5.41, 5.74) is 0.205. The van der Waals surface area contributed by atoms with Gasteiger partial charge in [-0.15, -0.1) is 0 Å². The molecule has 13 heavy (non-hydrogen) atoms. The van der Waals surface area contributed by atoms with E-state index in [-0.39, 0.29) is 17.1 Å². The monoisotopic (exact) mass is 244 g/mol. The molecule has 0 aliphatic rings.